The van der Waals surface area contributed by atoms with Crippen LogP contribution in [0.3, 0.4) is 0 Å². The molecule has 0 aliphatic carbocycles. The van der Waals surface area contributed by atoms with E-state index in [1.165, 1.54) is 5.56 Å². The maximum absolute atomic E-state index is 14.2. The van der Waals surface area contributed by atoms with E-state index in [-0.39, 0.29) is 11.2 Å². The van der Waals surface area contributed by atoms with Crippen LogP contribution in [0.15, 0.2) is 18.2 Å². The Hall–Kier alpha value is -1.09. The second-order valence-corrected chi connectivity index (χ2v) is 7.40. The number of benzene rings is 1. The van der Waals surface area contributed by atoms with Gasteiger partial charge in [-0.25, -0.2) is 4.39 Å². The number of nitrogens with zero attached hydrogens (tertiary/aromatic N) is 1. The van der Waals surface area contributed by atoms with Gasteiger partial charge in [0, 0.05) is 25.2 Å². The van der Waals surface area contributed by atoms with Gasteiger partial charge in [-0.2, -0.15) is 0 Å². The van der Waals surface area contributed by atoms with Crippen molar-refractivity contribution in [3.63, 3.8) is 0 Å². The highest BCUT2D eigenvalue weighted by molar-refractivity contribution is 5.51. The molecule has 1 aliphatic heterocycles. The highest BCUT2D eigenvalue weighted by Gasteiger charge is 2.23. The van der Waals surface area contributed by atoms with Crippen LogP contribution in [0.1, 0.15) is 40.2 Å². The molecule has 2 rings (SSSR count). The average Bonchev–Trinajstić information content (AvgIpc) is 2.28. The summed E-state index contributed by atoms with van der Waals surface area (Å²) >= 11 is 0. The summed E-state index contributed by atoms with van der Waals surface area (Å²) in [7, 11) is 0. The van der Waals surface area contributed by atoms with E-state index in [1.54, 1.807) is 6.07 Å². The van der Waals surface area contributed by atoms with Crippen LogP contribution in [0, 0.1) is 11.2 Å². The van der Waals surface area contributed by atoms with Crippen molar-refractivity contribution in [3.05, 3.63) is 29.6 Å². The molecular formula is C17H27FN2. The Morgan fingerprint density at radius 3 is 2.35 bits per heavy atom. The highest BCUT2D eigenvalue weighted by atomic mass is 19.1. The lowest BCUT2D eigenvalue weighted by Gasteiger charge is -2.38. The van der Waals surface area contributed by atoms with Crippen molar-refractivity contribution in [3.8, 4) is 0 Å². The van der Waals surface area contributed by atoms with Gasteiger partial charge in [0.2, 0.25) is 0 Å². The number of nitrogens with one attached hydrogen (secondary N) is 1. The SMILES string of the molecule is CC1CN(c2cc(CC(C)(C)C)ccc2F)CC(C)N1. The predicted octanol–water partition coefficient (Wildman–Crippen LogP) is 3.60. The summed E-state index contributed by atoms with van der Waals surface area (Å²) in [6, 6.07) is 6.35. The van der Waals surface area contributed by atoms with Crippen LogP contribution in [0.5, 0.6) is 0 Å². The lowest BCUT2D eigenvalue weighted by atomic mass is 9.88. The Balaban J connectivity index is 2.24. The zero-order chi connectivity index (χ0) is 14.9. The molecule has 1 N–H and O–H groups in total. The number of hydrogen-bond donors (Lipinski definition) is 1. The van der Waals surface area contributed by atoms with E-state index in [0.717, 1.165) is 25.2 Å². The molecule has 1 aromatic rings. The van der Waals surface area contributed by atoms with Crippen LogP contribution < -0.4 is 10.2 Å². The molecule has 2 atom stereocenters. The summed E-state index contributed by atoms with van der Waals surface area (Å²) in [5, 5.41) is 3.49. The van der Waals surface area contributed by atoms with Crippen LogP contribution >= 0.6 is 0 Å². The Morgan fingerprint density at radius 2 is 1.80 bits per heavy atom. The minimum absolute atomic E-state index is 0.107. The Kier molecular flexibility index (Phi) is 4.38. The fourth-order valence-corrected chi connectivity index (χ4v) is 3.05. The van der Waals surface area contributed by atoms with E-state index in [1.807, 2.05) is 12.1 Å². The number of hydrogen-bond acceptors (Lipinski definition) is 2. The molecule has 0 radical (unpaired) electrons. The predicted molar refractivity (Wildman–Crippen MR) is 83.8 cm³/mol. The molecular weight excluding hydrogens is 251 g/mol. The quantitative estimate of drug-likeness (QED) is 0.889. The molecule has 0 saturated carbocycles. The molecule has 20 heavy (non-hydrogen) atoms. The van der Waals surface area contributed by atoms with Crippen LogP contribution in [-0.2, 0) is 6.42 Å². The minimum Gasteiger partial charge on any atom is -0.366 e. The van der Waals surface area contributed by atoms with Gasteiger partial charge < -0.3 is 10.2 Å². The molecule has 1 fully saturated rings. The van der Waals surface area contributed by atoms with Crippen molar-refractivity contribution >= 4 is 5.69 Å². The smallest absolute Gasteiger partial charge is 0.146 e. The van der Waals surface area contributed by atoms with E-state index < -0.39 is 0 Å². The van der Waals surface area contributed by atoms with Crippen LogP contribution in [-0.4, -0.2) is 25.2 Å². The van der Waals surface area contributed by atoms with Gasteiger partial charge in [0.15, 0.2) is 0 Å². The van der Waals surface area contributed by atoms with Crippen LogP contribution in [0.25, 0.3) is 0 Å². The normalized spacial score (nSPS) is 24.0. The van der Waals surface area contributed by atoms with Gasteiger partial charge in [0.25, 0.3) is 0 Å². The van der Waals surface area contributed by atoms with E-state index >= 15 is 0 Å². The van der Waals surface area contributed by atoms with Gasteiger partial charge >= 0.3 is 0 Å². The van der Waals surface area contributed by atoms with Crippen LogP contribution in [0.4, 0.5) is 10.1 Å². The molecule has 1 heterocycles. The summed E-state index contributed by atoms with van der Waals surface area (Å²) in [6.45, 7) is 12.7. The van der Waals surface area contributed by atoms with Crippen LogP contribution in [0.2, 0.25) is 0 Å². The summed E-state index contributed by atoms with van der Waals surface area (Å²) in [5.74, 6) is -0.107. The van der Waals surface area contributed by atoms with Crippen molar-refractivity contribution in [2.75, 3.05) is 18.0 Å². The Morgan fingerprint density at radius 1 is 1.20 bits per heavy atom. The van der Waals surface area contributed by atoms with Crippen molar-refractivity contribution in [1.29, 1.82) is 0 Å². The van der Waals surface area contributed by atoms with Gasteiger partial charge in [0.1, 0.15) is 5.82 Å². The second-order valence-electron chi connectivity index (χ2n) is 7.40. The topological polar surface area (TPSA) is 15.3 Å². The number of anilines is 1. The highest BCUT2D eigenvalue weighted by Crippen LogP contribution is 2.27. The molecule has 0 spiro atoms. The molecule has 3 heteroatoms. The summed E-state index contributed by atoms with van der Waals surface area (Å²) in [4.78, 5) is 2.17. The fraction of sp³-hybridized carbons (Fsp3) is 0.647. The molecule has 0 aromatic heterocycles. The fourth-order valence-electron chi connectivity index (χ4n) is 3.05. The van der Waals surface area contributed by atoms with Crippen molar-refractivity contribution in [1.82, 2.24) is 5.32 Å². The monoisotopic (exact) mass is 278 g/mol. The van der Waals surface area contributed by atoms with Crippen molar-refractivity contribution in [2.45, 2.75) is 53.1 Å². The molecule has 112 valence electrons. The lowest BCUT2D eigenvalue weighted by molar-refractivity contribution is 0.401. The van der Waals surface area contributed by atoms with Gasteiger partial charge in [-0.15, -0.1) is 0 Å². The third kappa shape index (κ3) is 3.95. The van der Waals surface area contributed by atoms with E-state index in [4.69, 9.17) is 0 Å². The number of halogens is 1. The summed E-state index contributed by atoms with van der Waals surface area (Å²) in [6.07, 6.45) is 0.970. The van der Waals surface area contributed by atoms with E-state index in [2.05, 4.69) is 44.8 Å². The van der Waals surface area contributed by atoms with Gasteiger partial charge in [-0.1, -0.05) is 26.8 Å². The minimum atomic E-state index is -0.107. The zero-order valence-corrected chi connectivity index (χ0v) is 13.3. The Labute approximate surface area is 122 Å². The molecule has 1 aliphatic rings. The van der Waals surface area contributed by atoms with E-state index in [9.17, 15) is 4.39 Å². The Bertz CT molecular complexity index is 455. The maximum Gasteiger partial charge on any atom is 0.146 e. The van der Waals surface area contributed by atoms with Gasteiger partial charge in [0.05, 0.1) is 5.69 Å². The van der Waals surface area contributed by atoms with Gasteiger partial charge in [-0.3, -0.25) is 0 Å². The summed E-state index contributed by atoms with van der Waals surface area (Å²) < 4.78 is 14.2. The van der Waals surface area contributed by atoms with Crippen molar-refractivity contribution in [2.24, 2.45) is 5.41 Å². The first kappa shape index (κ1) is 15.3. The second kappa shape index (κ2) is 5.72. The maximum atomic E-state index is 14.2. The summed E-state index contributed by atoms with van der Waals surface area (Å²) in [5.41, 5.74) is 2.19. The largest absolute Gasteiger partial charge is 0.366 e. The molecule has 0 bridgehead atoms. The molecule has 0 amide bonds. The molecule has 2 unspecified atom stereocenters. The first-order chi connectivity index (χ1) is 9.24. The zero-order valence-electron chi connectivity index (χ0n) is 13.3. The van der Waals surface area contributed by atoms with E-state index in [0.29, 0.717) is 12.1 Å². The van der Waals surface area contributed by atoms with Crippen molar-refractivity contribution < 1.29 is 4.39 Å². The molecule has 1 aromatic carbocycles. The van der Waals surface area contributed by atoms with Gasteiger partial charge in [-0.05, 0) is 43.4 Å². The number of piperazine rings is 1. The first-order valence-electron chi connectivity index (χ1n) is 7.54. The first-order valence-corrected chi connectivity index (χ1v) is 7.54. The molecule has 2 nitrogen and oxygen atoms in total. The number of rotatable bonds is 2. The lowest BCUT2D eigenvalue weighted by Crippen LogP contribution is -2.54. The molecule has 1 saturated heterocycles. The average molecular weight is 278 g/mol. The third-order valence-electron chi connectivity index (χ3n) is 3.64. The third-order valence-corrected chi connectivity index (χ3v) is 3.64. The standard InChI is InChI=1S/C17H27FN2/c1-12-10-20(11-13(2)19-12)16-8-14(6-7-15(16)18)9-17(3,4)5/h6-8,12-13,19H,9-11H2,1-5H3.